The highest BCUT2D eigenvalue weighted by Gasteiger charge is 2.15. The lowest BCUT2D eigenvalue weighted by molar-refractivity contribution is 0.627. The summed E-state index contributed by atoms with van der Waals surface area (Å²) in [7, 11) is 0. The maximum atomic E-state index is 15.2. The van der Waals surface area contributed by atoms with E-state index in [1.54, 1.807) is 66.7 Å². The van der Waals surface area contributed by atoms with Gasteiger partial charge in [-0.15, -0.1) is 0 Å². The van der Waals surface area contributed by atoms with Crippen LogP contribution in [0.4, 0.5) is 20.5 Å². The Hall–Kier alpha value is -6.58. The number of rotatable bonds is 7. The van der Waals surface area contributed by atoms with Crippen molar-refractivity contribution in [2.45, 2.75) is 13.1 Å². The number of nitrogens with two attached hydrogens (primary N) is 1. The number of anilines is 2. The van der Waals surface area contributed by atoms with Crippen molar-refractivity contribution in [3.05, 3.63) is 143 Å². The predicted molar refractivity (Wildman–Crippen MR) is 179 cm³/mol. The van der Waals surface area contributed by atoms with Crippen LogP contribution < -0.4 is 11.1 Å². The number of nitriles is 2. The smallest absolute Gasteiger partial charge is 0.225 e. The molecule has 0 amide bonds. The highest BCUT2D eigenvalue weighted by atomic mass is 19.1. The van der Waals surface area contributed by atoms with Gasteiger partial charge in [0, 0.05) is 52.3 Å². The third kappa shape index (κ3) is 5.47. The zero-order valence-corrected chi connectivity index (χ0v) is 24.9. The molecular weight excluding hydrogens is 592 g/mol. The number of benzene rings is 5. The lowest BCUT2D eigenvalue weighted by atomic mass is 9.98. The van der Waals surface area contributed by atoms with Crippen LogP contribution in [0, 0.1) is 34.3 Å². The van der Waals surface area contributed by atoms with Crippen LogP contribution >= 0.6 is 0 Å². The van der Waals surface area contributed by atoms with Crippen LogP contribution in [0.5, 0.6) is 0 Å². The first kappa shape index (κ1) is 29.1. The summed E-state index contributed by atoms with van der Waals surface area (Å²) in [5.74, 6) is -0.234. The summed E-state index contributed by atoms with van der Waals surface area (Å²) in [6, 6.07) is 33.8. The second-order valence-corrected chi connectivity index (χ2v) is 11.1. The van der Waals surface area contributed by atoms with Crippen molar-refractivity contribution < 1.29 is 8.78 Å². The minimum absolute atomic E-state index is 0.249. The SMILES string of the molecule is N#Cc1ccccc1-c1ccc(CNc2nc(N)c3ccc4c(ccn4Cc4ccc(-c5ccccc5C#N)c(F)c4)c3n2)cc1F. The summed E-state index contributed by atoms with van der Waals surface area (Å²) in [5, 5.41) is 23.6. The van der Waals surface area contributed by atoms with E-state index >= 15 is 8.78 Å². The molecule has 9 heteroatoms. The second kappa shape index (κ2) is 12.1. The van der Waals surface area contributed by atoms with Gasteiger partial charge in [0.15, 0.2) is 0 Å². The van der Waals surface area contributed by atoms with Crippen molar-refractivity contribution >= 4 is 33.6 Å². The Morgan fingerprint density at radius 3 is 1.94 bits per heavy atom. The zero-order chi connectivity index (χ0) is 32.5. The van der Waals surface area contributed by atoms with Crippen molar-refractivity contribution in [3.63, 3.8) is 0 Å². The summed E-state index contributed by atoms with van der Waals surface area (Å²) in [6.45, 7) is 0.664. The third-order valence-electron chi connectivity index (χ3n) is 8.19. The number of aromatic nitrogens is 3. The molecule has 0 radical (unpaired) electrons. The maximum absolute atomic E-state index is 15.2. The maximum Gasteiger partial charge on any atom is 0.225 e. The molecule has 7 aromatic rings. The molecule has 0 aliphatic rings. The highest BCUT2D eigenvalue weighted by Crippen LogP contribution is 2.31. The van der Waals surface area contributed by atoms with Crippen LogP contribution in [0.25, 0.3) is 44.1 Å². The van der Waals surface area contributed by atoms with E-state index in [4.69, 9.17) is 10.7 Å². The molecule has 2 heterocycles. The van der Waals surface area contributed by atoms with Gasteiger partial charge in [0.25, 0.3) is 0 Å². The van der Waals surface area contributed by atoms with E-state index in [-0.39, 0.29) is 6.54 Å². The van der Waals surface area contributed by atoms with Crippen LogP contribution in [0.1, 0.15) is 22.3 Å². The van der Waals surface area contributed by atoms with E-state index < -0.39 is 11.6 Å². The molecule has 226 valence electrons. The average Bonchev–Trinajstić information content (AvgIpc) is 3.50. The van der Waals surface area contributed by atoms with Crippen molar-refractivity contribution in [2.75, 3.05) is 11.1 Å². The molecule has 0 fully saturated rings. The lowest BCUT2D eigenvalue weighted by Crippen LogP contribution is -2.06. The quantitative estimate of drug-likeness (QED) is 0.186. The monoisotopic (exact) mass is 617 g/mol. The van der Waals surface area contributed by atoms with E-state index in [9.17, 15) is 10.5 Å². The minimum atomic E-state index is -0.435. The molecule has 0 aliphatic heterocycles. The van der Waals surface area contributed by atoms with E-state index in [0.717, 1.165) is 16.5 Å². The third-order valence-corrected chi connectivity index (χ3v) is 8.19. The van der Waals surface area contributed by atoms with Crippen molar-refractivity contribution in [3.8, 4) is 34.4 Å². The second-order valence-electron chi connectivity index (χ2n) is 11.1. The molecule has 47 heavy (non-hydrogen) atoms. The fourth-order valence-corrected chi connectivity index (χ4v) is 5.88. The first-order chi connectivity index (χ1) is 22.9. The number of nitrogen functional groups attached to an aromatic ring is 1. The number of nitrogens with zero attached hydrogens (tertiary/aromatic N) is 5. The molecule has 0 aliphatic carbocycles. The average molecular weight is 618 g/mol. The number of hydrogen-bond donors (Lipinski definition) is 2. The van der Waals surface area contributed by atoms with Crippen molar-refractivity contribution in [1.29, 1.82) is 10.5 Å². The highest BCUT2D eigenvalue weighted by molar-refractivity contribution is 6.07. The van der Waals surface area contributed by atoms with Gasteiger partial charge in [-0.05, 0) is 53.6 Å². The Morgan fingerprint density at radius 1 is 0.681 bits per heavy atom. The van der Waals surface area contributed by atoms with Gasteiger partial charge in [-0.2, -0.15) is 15.5 Å². The van der Waals surface area contributed by atoms with E-state index in [0.29, 0.717) is 68.2 Å². The molecule has 7 rings (SSSR count). The first-order valence-electron chi connectivity index (χ1n) is 14.8. The molecule has 0 saturated carbocycles. The van der Waals surface area contributed by atoms with Crippen molar-refractivity contribution in [2.24, 2.45) is 0 Å². The van der Waals surface area contributed by atoms with Gasteiger partial charge in [0.2, 0.25) is 5.95 Å². The Balaban J connectivity index is 1.14. The Kier molecular flexibility index (Phi) is 7.49. The normalized spacial score (nSPS) is 11.0. The van der Waals surface area contributed by atoms with Gasteiger partial charge < -0.3 is 15.6 Å². The molecule has 5 aromatic carbocycles. The molecule has 3 N–H and O–H groups in total. The van der Waals surface area contributed by atoms with Crippen LogP contribution in [0.2, 0.25) is 0 Å². The molecule has 0 saturated heterocycles. The molecule has 7 nitrogen and oxygen atoms in total. The van der Waals surface area contributed by atoms with Gasteiger partial charge in [-0.3, -0.25) is 0 Å². The number of fused-ring (bicyclic) bond motifs is 3. The summed E-state index contributed by atoms with van der Waals surface area (Å²) in [4.78, 5) is 9.17. The summed E-state index contributed by atoms with van der Waals surface area (Å²) in [6.07, 6.45) is 1.92. The largest absolute Gasteiger partial charge is 0.383 e. The number of nitrogens with one attached hydrogen (secondary N) is 1. The molecular formula is C38H25F2N7. The van der Waals surface area contributed by atoms with Crippen LogP contribution in [0.3, 0.4) is 0 Å². The Labute approximate surface area is 268 Å². The Morgan fingerprint density at radius 2 is 1.30 bits per heavy atom. The summed E-state index contributed by atoms with van der Waals surface area (Å²) < 4.78 is 32.4. The van der Waals surface area contributed by atoms with Gasteiger partial charge in [0.05, 0.1) is 34.3 Å². The van der Waals surface area contributed by atoms with Crippen molar-refractivity contribution in [1.82, 2.24) is 14.5 Å². The summed E-state index contributed by atoms with van der Waals surface area (Å²) >= 11 is 0. The molecule has 0 unspecified atom stereocenters. The van der Waals surface area contributed by atoms with E-state index in [2.05, 4.69) is 22.4 Å². The first-order valence-corrected chi connectivity index (χ1v) is 14.8. The zero-order valence-electron chi connectivity index (χ0n) is 24.9. The minimum Gasteiger partial charge on any atom is -0.383 e. The topological polar surface area (TPSA) is 116 Å². The number of hydrogen-bond acceptors (Lipinski definition) is 6. The molecule has 0 atom stereocenters. The number of halogens is 2. The van der Waals surface area contributed by atoms with Gasteiger partial charge in [-0.1, -0.05) is 60.7 Å². The molecule has 0 spiro atoms. The summed E-state index contributed by atoms with van der Waals surface area (Å²) in [5.41, 5.74) is 12.0. The lowest BCUT2D eigenvalue weighted by Gasteiger charge is -2.12. The molecule has 0 bridgehead atoms. The van der Waals surface area contributed by atoms with E-state index in [1.165, 1.54) is 12.1 Å². The van der Waals surface area contributed by atoms with Crippen LogP contribution in [-0.4, -0.2) is 14.5 Å². The standard InChI is InChI=1S/C38H25F2N7/c39-33-17-23(9-11-29(33)27-7-3-1-5-25(27)19-41)21-44-38-45-36-31-15-16-47(35(31)14-13-32(36)37(43)46-38)22-24-10-12-30(34(40)18-24)28-8-4-2-6-26(28)20-42/h1-18H,21-22H2,(H3,43,44,45,46). The fourth-order valence-electron chi connectivity index (χ4n) is 5.88. The van der Waals surface area contributed by atoms with Crippen LogP contribution in [-0.2, 0) is 13.1 Å². The van der Waals surface area contributed by atoms with E-state index in [1.807, 2.05) is 35.0 Å². The molecule has 2 aromatic heterocycles. The fraction of sp³-hybridized carbons (Fsp3) is 0.0526. The van der Waals surface area contributed by atoms with Crippen LogP contribution in [0.15, 0.2) is 109 Å². The predicted octanol–water partition coefficient (Wildman–Crippen LogP) is 8.18. The van der Waals surface area contributed by atoms with Gasteiger partial charge >= 0.3 is 0 Å². The van der Waals surface area contributed by atoms with Gasteiger partial charge in [-0.25, -0.2) is 13.8 Å². The van der Waals surface area contributed by atoms with Gasteiger partial charge in [0.1, 0.15) is 17.5 Å². The Bertz CT molecular complexity index is 2420.